The molecule has 0 spiro atoms. The van der Waals surface area contributed by atoms with E-state index in [1.54, 1.807) is 24.3 Å². The van der Waals surface area contributed by atoms with Gasteiger partial charge in [-0.15, -0.1) is 0 Å². The molecule has 2 aliphatic heterocycles. The summed E-state index contributed by atoms with van der Waals surface area (Å²) in [5, 5.41) is 23.8. The lowest BCUT2D eigenvalue weighted by atomic mass is 9.94. The Morgan fingerprint density at radius 2 is 1.86 bits per heavy atom. The normalized spacial score (nSPS) is 32.1. The van der Waals surface area contributed by atoms with Gasteiger partial charge in [-0.2, -0.15) is 13.2 Å². The van der Waals surface area contributed by atoms with E-state index in [4.69, 9.17) is 9.47 Å². The number of aliphatic hydroxyl groups excluding tert-OH is 2. The number of halogens is 4. The molecular formula is C18H22F4N2O4S. The van der Waals surface area contributed by atoms with E-state index in [1.165, 1.54) is 7.05 Å². The van der Waals surface area contributed by atoms with Gasteiger partial charge in [-0.3, -0.25) is 9.38 Å². The van der Waals surface area contributed by atoms with Gasteiger partial charge < -0.3 is 25.0 Å². The molecule has 6 nitrogen and oxygen atoms in total. The molecule has 0 amide bonds. The molecule has 2 saturated heterocycles. The van der Waals surface area contributed by atoms with Crippen LogP contribution in [0.3, 0.4) is 0 Å². The Morgan fingerprint density at radius 3 is 2.45 bits per heavy atom. The maximum atomic E-state index is 13.7. The lowest BCUT2D eigenvalue weighted by Crippen LogP contribution is -2.63. The van der Waals surface area contributed by atoms with Crippen LogP contribution in [0, 0.1) is 0 Å². The molecule has 162 valence electrons. The first-order valence-electron chi connectivity index (χ1n) is 8.98. The molecule has 3 rings (SSSR count). The second-order valence-corrected chi connectivity index (χ2v) is 7.88. The third kappa shape index (κ3) is 5.02. The monoisotopic (exact) mass is 438 g/mol. The van der Waals surface area contributed by atoms with Crippen LogP contribution in [0.5, 0.6) is 0 Å². The molecule has 1 aromatic rings. The molecule has 29 heavy (non-hydrogen) atoms. The van der Waals surface area contributed by atoms with Gasteiger partial charge in [-0.1, -0.05) is 36.0 Å². The van der Waals surface area contributed by atoms with Gasteiger partial charge in [0.2, 0.25) is 0 Å². The number of rotatable bonds is 6. The van der Waals surface area contributed by atoms with Crippen LogP contribution in [0.25, 0.3) is 0 Å². The van der Waals surface area contributed by atoms with Crippen LogP contribution in [0.1, 0.15) is 11.1 Å². The minimum atomic E-state index is -4.83. The van der Waals surface area contributed by atoms with Gasteiger partial charge >= 0.3 is 6.18 Å². The Balaban J connectivity index is 1.73. The molecule has 0 saturated carbocycles. The topological polar surface area (TPSA) is 83.3 Å². The molecule has 0 bridgehead atoms. The highest BCUT2D eigenvalue weighted by atomic mass is 32.2. The average Bonchev–Trinajstić information content (AvgIpc) is 3.09. The molecule has 2 aliphatic rings. The predicted octanol–water partition coefficient (Wildman–Crippen LogP) is 1.78. The number of benzene rings is 1. The SMILES string of the molecule is CN=C1N[C@@H]2[C@@H](O)[C@H](O)C([C@@H](OCc3ccc(CCF)cc3)C(F)(F)F)O[C@@H]2S1. The fourth-order valence-electron chi connectivity index (χ4n) is 3.27. The largest absolute Gasteiger partial charge is 0.417 e. The van der Waals surface area contributed by atoms with Crippen LogP contribution in [-0.4, -0.2) is 71.2 Å². The minimum absolute atomic E-state index is 0.226. The number of aliphatic imine (C=N–C) groups is 1. The maximum absolute atomic E-state index is 13.7. The molecule has 0 radical (unpaired) electrons. The van der Waals surface area contributed by atoms with Crippen LogP contribution in [-0.2, 0) is 22.5 Å². The molecular weight excluding hydrogens is 416 g/mol. The summed E-state index contributed by atoms with van der Waals surface area (Å²) in [5.74, 6) is 0. The Hall–Kier alpha value is -1.40. The summed E-state index contributed by atoms with van der Waals surface area (Å²) in [5.41, 5.74) is 0.344. The van der Waals surface area contributed by atoms with Crippen LogP contribution in [0.2, 0.25) is 0 Å². The van der Waals surface area contributed by atoms with Crippen LogP contribution in [0.15, 0.2) is 29.3 Å². The number of hydrogen-bond acceptors (Lipinski definition) is 6. The number of hydrogen-bond donors (Lipinski definition) is 3. The molecule has 2 fully saturated rings. The Bertz CT molecular complexity index is 719. The van der Waals surface area contributed by atoms with Crippen molar-refractivity contribution in [3.05, 3.63) is 35.4 Å². The van der Waals surface area contributed by atoms with E-state index in [0.717, 1.165) is 17.3 Å². The van der Waals surface area contributed by atoms with Crippen molar-refractivity contribution in [1.29, 1.82) is 0 Å². The quantitative estimate of drug-likeness (QED) is 0.588. The number of nitrogens with zero attached hydrogens (tertiary/aromatic N) is 1. The van der Waals surface area contributed by atoms with Crippen molar-refractivity contribution in [3.8, 4) is 0 Å². The Kier molecular flexibility index (Phi) is 7.05. The number of ether oxygens (including phenoxy) is 2. The summed E-state index contributed by atoms with van der Waals surface area (Å²) in [6, 6.07) is 5.58. The number of nitrogens with one attached hydrogen (secondary N) is 1. The highest BCUT2D eigenvalue weighted by Crippen LogP contribution is 2.39. The van der Waals surface area contributed by atoms with Crippen LogP contribution in [0.4, 0.5) is 17.6 Å². The van der Waals surface area contributed by atoms with E-state index in [2.05, 4.69) is 10.3 Å². The Morgan fingerprint density at radius 1 is 1.21 bits per heavy atom. The van der Waals surface area contributed by atoms with Gasteiger partial charge in [0.1, 0.15) is 23.7 Å². The molecule has 6 atom stereocenters. The van der Waals surface area contributed by atoms with Crippen molar-refractivity contribution >= 4 is 16.9 Å². The third-order valence-electron chi connectivity index (χ3n) is 4.82. The first-order valence-corrected chi connectivity index (χ1v) is 9.86. The smallest absolute Gasteiger partial charge is 0.388 e. The molecule has 0 aromatic heterocycles. The second-order valence-electron chi connectivity index (χ2n) is 6.80. The fourth-order valence-corrected chi connectivity index (χ4v) is 4.36. The lowest BCUT2D eigenvalue weighted by molar-refractivity contribution is -0.287. The molecule has 0 aliphatic carbocycles. The summed E-state index contributed by atoms with van der Waals surface area (Å²) >= 11 is 1.04. The molecule has 3 N–H and O–H groups in total. The zero-order valence-electron chi connectivity index (χ0n) is 15.5. The van der Waals surface area contributed by atoms with Gasteiger partial charge in [-0.25, -0.2) is 0 Å². The van der Waals surface area contributed by atoms with Crippen molar-refractivity contribution in [1.82, 2.24) is 5.32 Å². The molecule has 1 unspecified atom stereocenters. The van der Waals surface area contributed by atoms with Gasteiger partial charge in [0.25, 0.3) is 0 Å². The second kappa shape index (κ2) is 9.17. The Labute approximate surface area is 169 Å². The van der Waals surface area contributed by atoms with E-state index in [-0.39, 0.29) is 13.0 Å². The number of amidine groups is 1. The number of alkyl halides is 4. The van der Waals surface area contributed by atoms with Crippen LogP contribution < -0.4 is 5.32 Å². The summed E-state index contributed by atoms with van der Waals surface area (Å²) in [4.78, 5) is 3.90. The lowest BCUT2D eigenvalue weighted by Gasteiger charge is -2.42. The van der Waals surface area contributed by atoms with Gasteiger partial charge in [0, 0.05) is 13.5 Å². The number of thioether (sulfide) groups is 1. The summed E-state index contributed by atoms with van der Waals surface area (Å²) in [6.07, 6.45) is -12.1. The van der Waals surface area contributed by atoms with Gasteiger partial charge in [0.15, 0.2) is 11.3 Å². The fraction of sp³-hybridized carbons (Fsp3) is 0.611. The van der Waals surface area contributed by atoms with Crippen molar-refractivity contribution < 1.29 is 37.2 Å². The number of aryl methyl sites for hydroxylation is 1. The first-order chi connectivity index (χ1) is 13.7. The van der Waals surface area contributed by atoms with Crippen molar-refractivity contribution in [2.45, 2.75) is 55.1 Å². The van der Waals surface area contributed by atoms with E-state index in [0.29, 0.717) is 10.7 Å². The summed E-state index contributed by atoms with van der Waals surface area (Å²) in [7, 11) is 1.49. The van der Waals surface area contributed by atoms with Gasteiger partial charge in [-0.05, 0) is 11.1 Å². The van der Waals surface area contributed by atoms with Crippen LogP contribution >= 0.6 is 11.8 Å². The molecule has 2 heterocycles. The van der Waals surface area contributed by atoms with E-state index >= 15 is 0 Å². The zero-order valence-corrected chi connectivity index (χ0v) is 16.3. The van der Waals surface area contributed by atoms with E-state index in [1.807, 2.05) is 0 Å². The predicted molar refractivity (Wildman–Crippen MR) is 99.3 cm³/mol. The maximum Gasteiger partial charge on any atom is 0.417 e. The third-order valence-corrected chi connectivity index (χ3v) is 5.98. The average molecular weight is 438 g/mol. The first kappa shape index (κ1) is 22.3. The summed E-state index contributed by atoms with van der Waals surface area (Å²) in [6.45, 7) is -0.908. The van der Waals surface area contributed by atoms with Crippen molar-refractivity contribution in [2.75, 3.05) is 13.7 Å². The highest BCUT2D eigenvalue weighted by molar-refractivity contribution is 8.14. The number of fused-ring (bicyclic) bond motifs is 1. The standard InChI is InChI=1S/C18H22F4N2O4S/c1-23-17-24-11-12(25)13(26)14(28-16(11)29-17)15(18(20,21)22)27-8-10-4-2-9(3-5-10)6-7-19/h2-5,11-16,25-26H,6-8H2,1H3,(H,23,24)/t11-,12-,13+,14?,15-,16-/m1/s1. The molecule has 11 heteroatoms. The van der Waals surface area contributed by atoms with E-state index < -0.39 is 48.7 Å². The number of aliphatic hydroxyl groups is 2. The zero-order chi connectivity index (χ0) is 21.2. The molecule has 1 aromatic carbocycles. The minimum Gasteiger partial charge on any atom is -0.388 e. The van der Waals surface area contributed by atoms with E-state index in [9.17, 15) is 27.8 Å². The highest BCUT2D eigenvalue weighted by Gasteiger charge is 2.57. The van der Waals surface area contributed by atoms with Crippen molar-refractivity contribution in [3.63, 3.8) is 0 Å². The summed E-state index contributed by atoms with van der Waals surface area (Å²) < 4.78 is 64.0. The van der Waals surface area contributed by atoms with Crippen molar-refractivity contribution in [2.24, 2.45) is 4.99 Å². The van der Waals surface area contributed by atoms with Gasteiger partial charge in [0.05, 0.1) is 19.3 Å².